The van der Waals surface area contributed by atoms with Crippen molar-refractivity contribution in [1.82, 2.24) is 5.32 Å². The molecule has 1 N–H and O–H groups in total. The molecule has 2 aromatic carbocycles. The van der Waals surface area contributed by atoms with Crippen LogP contribution in [0.5, 0.6) is 0 Å². The topological polar surface area (TPSA) is 38.3 Å². The van der Waals surface area contributed by atoms with Gasteiger partial charge in [-0.2, -0.15) is 0 Å². The summed E-state index contributed by atoms with van der Waals surface area (Å²) < 4.78 is 5.42. The van der Waals surface area contributed by atoms with Crippen LogP contribution in [0.1, 0.15) is 44.4 Å². The molecule has 0 saturated carbocycles. The number of esters is 1. The van der Waals surface area contributed by atoms with Gasteiger partial charge < -0.3 is 10.1 Å². The largest absolute Gasteiger partial charge is 0.461 e. The van der Waals surface area contributed by atoms with Crippen molar-refractivity contribution >= 4 is 5.97 Å². The smallest absolute Gasteiger partial charge is 0.307 e. The van der Waals surface area contributed by atoms with Crippen LogP contribution in [0.3, 0.4) is 0 Å². The van der Waals surface area contributed by atoms with Crippen LogP contribution in [0.4, 0.5) is 0 Å². The first-order valence-electron chi connectivity index (χ1n) is 8.57. The zero-order chi connectivity index (χ0) is 17.4. The predicted octanol–water partition coefficient (Wildman–Crippen LogP) is 4.50. The van der Waals surface area contributed by atoms with E-state index in [2.05, 4.69) is 38.2 Å². The van der Waals surface area contributed by atoms with Crippen LogP contribution in [0.2, 0.25) is 0 Å². The molecule has 24 heavy (non-hydrogen) atoms. The Labute approximate surface area is 145 Å². The van der Waals surface area contributed by atoms with Gasteiger partial charge in [-0.15, -0.1) is 0 Å². The summed E-state index contributed by atoms with van der Waals surface area (Å²) in [6, 6.07) is 20.3. The van der Waals surface area contributed by atoms with E-state index in [1.807, 2.05) is 48.5 Å². The number of carbonyl (C=O) groups excluding carboxylic acids is 1. The molecule has 2 rings (SSSR count). The normalized spacial score (nSPS) is 13.5. The fourth-order valence-corrected chi connectivity index (χ4v) is 2.62. The zero-order valence-corrected chi connectivity index (χ0v) is 14.7. The van der Waals surface area contributed by atoms with E-state index in [9.17, 15) is 4.79 Å². The van der Waals surface area contributed by atoms with Gasteiger partial charge in [-0.05, 0) is 24.0 Å². The summed E-state index contributed by atoms with van der Waals surface area (Å²) in [5, 5.41) is 3.56. The molecule has 3 nitrogen and oxygen atoms in total. The monoisotopic (exact) mass is 325 g/mol. The van der Waals surface area contributed by atoms with Gasteiger partial charge in [-0.25, -0.2) is 0 Å². The number of carbonyl (C=O) groups is 1. The Bertz CT molecular complexity index is 610. The second-order valence-electron chi connectivity index (χ2n) is 6.50. The van der Waals surface area contributed by atoms with Crippen molar-refractivity contribution in [3.63, 3.8) is 0 Å². The molecule has 0 aliphatic carbocycles. The average Bonchev–Trinajstić information content (AvgIpc) is 2.61. The van der Waals surface area contributed by atoms with Gasteiger partial charge in [0, 0.05) is 12.1 Å². The Morgan fingerprint density at radius 2 is 1.54 bits per heavy atom. The van der Waals surface area contributed by atoms with Gasteiger partial charge in [0.15, 0.2) is 0 Å². The number of benzene rings is 2. The molecule has 0 radical (unpaired) electrons. The van der Waals surface area contributed by atoms with Crippen LogP contribution in [0.15, 0.2) is 60.7 Å². The van der Waals surface area contributed by atoms with Gasteiger partial charge in [0.05, 0.1) is 6.42 Å². The van der Waals surface area contributed by atoms with Crippen molar-refractivity contribution in [2.45, 2.75) is 45.9 Å². The first-order valence-corrected chi connectivity index (χ1v) is 8.57. The highest BCUT2D eigenvalue weighted by molar-refractivity contribution is 5.70. The maximum atomic E-state index is 12.2. The van der Waals surface area contributed by atoms with Gasteiger partial charge >= 0.3 is 5.97 Å². The minimum Gasteiger partial charge on any atom is -0.461 e. The number of nitrogens with one attached hydrogen (secondary N) is 1. The summed E-state index contributed by atoms with van der Waals surface area (Å²) in [4.78, 5) is 12.2. The van der Waals surface area contributed by atoms with Gasteiger partial charge in [-0.1, -0.05) is 74.5 Å². The molecule has 2 atom stereocenters. The summed E-state index contributed by atoms with van der Waals surface area (Å²) in [6.45, 7) is 6.71. The average molecular weight is 325 g/mol. The lowest BCUT2D eigenvalue weighted by Crippen LogP contribution is -2.38. The molecule has 2 aromatic rings. The highest BCUT2D eigenvalue weighted by Gasteiger charge is 2.21. The zero-order valence-electron chi connectivity index (χ0n) is 14.7. The van der Waals surface area contributed by atoms with Crippen molar-refractivity contribution < 1.29 is 9.53 Å². The van der Waals surface area contributed by atoms with Crippen molar-refractivity contribution in [2.24, 2.45) is 5.92 Å². The van der Waals surface area contributed by atoms with Crippen molar-refractivity contribution in [2.75, 3.05) is 0 Å². The quantitative estimate of drug-likeness (QED) is 0.727. The summed E-state index contributed by atoms with van der Waals surface area (Å²) in [5.74, 6) is 0.186. The second kappa shape index (κ2) is 9.24. The second-order valence-corrected chi connectivity index (χ2v) is 6.50. The van der Waals surface area contributed by atoms with Gasteiger partial charge in [0.25, 0.3) is 0 Å². The number of rotatable bonds is 8. The number of hydrogen-bond donors (Lipinski definition) is 1. The minimum atomic E-state index is -0.162. The number of hydrogen-bond acceptors (Lipinski definition) is 3. The first kappa shape index (κ1) is 18.2. The van der Waals surface area contributed by atoms with Gasteiger partial charge in [0.1, 0.15) is 6.61 Å². The molecule has 0 heterocycles. The molecular formula is C21H27NO2. The molecule has 0 aromatic heterocycles. The van der Waals surface area contributed by atoms with E-state index in [4.69, 9.17) is 4.74 Å². The Morgan fingerprint density at radius 1 is 0.958 bits per heavy atom. The van der Waals surface area contributed by atoms with Gasteiger partial charge in [0.2, 0.25) is 0 Å². The lowest BCUT2D eigenvalue weighted by Gasteiger charge is -2.26. The molecule has 0 saturated heterocycles. The molecule has 0 amide bonds. The van der Waals surface area contributed by atoms with Crippen LogP contribution in [-0.4, -0.2) is 12.0 Å². The Kier molecular flexibility index (Phi) is 7.01. The molecular weight excluding hydrogens is 298 g/mol. The van der Waals surface area contributed by atoms with Crippen LogP contribution in [-0.2, 0) is 16.1 Å². The Hall–Kier alpha value is -2.13. The SMILES string of the molecule is CC(C)[C@H](CC(=O)OCc1ccccc1)N[C@H](C)c1ccccc1. The molecule has 0 aliphatic rings. The Morgan fingerprint density at radius 3 is 2.12 bits per heavy atom. The van der Waals surface area contributed by atoms with Gasteiger partial charge in [-0.3, -0.25) is 4.79 Å². The van der Waals surface area contributed by atoms with E-state index in [-0.39, 0.29) is 18.1 Å². The van der Waals surface area contributed by atoms with E-state index in [0.29, 0.717) is 18.9 Å². The van der Waals surface area contributed by atoms with E-state index < -0.39 is 0 Å². The molecule has 0 bridgehead atoms. The lowest BCUT2D eigenvalue weighted by molar-refractivity contribution is -0.145. The number of ether oxygens (including phenoxy) is 1. The standard InChI is InChI=1S/C21H27NO2/c1-16(2)20(22-17(3)19-12-8-5-9-13-19)14-21(23)24-15-18-10-6-4-7-11-18/h4-13,16-17,20,22H,14-15H2,1-3H3/t17-,20+/m1/s1. The fraction of sp³-hybridized carbons (Fsp3) is 0.381. The van der Waals surface area contributed by atoms with Crippen LogP contribution in [0, 0.1) is 5.92 Å². The van der Waals surface area contributed by atoms with E-state index in [1.54, 1.807) is 0 Å². The fourth-order valence-electron chi connectivity index (χ4n) is 2.62. The van der Waals surface area contributed by atoms with Crippen molar-refractivity contribution in [3.8, 4) is 0 Å². The molecule has 0 fully saturated rings. The third kappa shape index (κ3) is 5.82. The summed E-state index contributed by atoms with van der Waals surface area (Å²) in [6.07, 6.45) is 0.377. The minimum absolute atomic E-state index is 0.0866. The highest BCUT2D eigenvalue weighted by atomic mass is 16.5. The molecule has 0 aliphatic heterocycles. The van der Waals surface area contributed by atoms with E-state index >= 15 is 0 Å². The first-order chi connectivity index (χ1) is 11.6. The molecule has 3 heteroatoms. The van der Waals surface area contributed by atoms with E-state index in [1.165, 1.54) is 5.56 Å². The lowest BCUT2D eigenvalue weighted by atomic mass is 9.98. The van der Waals surface area contributed by atoms with Crippen LogP contribution >= 0.6 is 0 Å². The molecule has 0 unspecified atom stereocenters. The van der Waals surface area contributed by atoms with Crippen LogP contribution in [0.25, 0.3) is 0 Å². The third-order valence-corrected chi connectivity index (χ3v) is 4.20. The van der Waals surface area contributed by atoms with Crippen molar-refractivity contribution in [1.29, 1.82) is 0 Å². The molecule has 128 valence electrons. The summed E-state index contributed by atoms with van der Waals surface area (Å²) >= 11 is 0. The van der Waals surface area contributed by atoms with Crippen LogP contribution < -0.4 is 5.32 Å². The third-order valence-electron chi connectivity index (χ3n) is 4.20. The maximum absolute atomic E-state index is 12.2. The summed E-state index contributed by atoms with van der Waals surface area (Å²) in [7, 11) is 0. The molecule has 0 spiro atoms. The van der Waals surface area contributed by atoms with E-state index in [0.717, 1.165) is 5.56 Å². The Balaban J connectivity index is 1.87. The summed E-state index contributed by atoms with van der Waals surface area (Å²) in [5.41, 5.74) is 2.23. The predicted molar refractivity (Wildman–Crippen MR) is 97.5 cm³/mol. The maximum Gasteiger partial charge on any atom is 0.307 e. The highest BCUT2D eigenvalue weighted by Crippen LogP contribution is 2.17. The van der Waals surface area contributed by atoms with Crippen molar-refractivity contribution in [3.05, 3.63) is 71.8 Å².